The molecular formula is C15H24N2O2. The van der Waals surface area contributed by atoms with Gasteiger partial charge in [-0.25, -0.2) is 0 Å². The molecule has 0 atom stereocenters. The maximum atomic E-state index is 11.7. The van der Waals surface area contributed by atoms with Crippen LogP contribution in [0.3, 0.4) is 0 Å². The Bertz CT molecular complexity index is 385. The number of hydrogen-bond donors (Lipinski definition) is 1. The van der Waals surface area contributed by atoms with Gasteiger partial charge in [0.1, 0.15) is 12.4 Å². The molecule has 0 bridgehead atoms. The smallest absolute Gasteiger partial charge is 0.234 e. The Morgan fingerprint density at radius 3 is 2.47 bits per heavy atom. The molecule has 19 heavy (non-hydrogen) atoms. The summed E-state index contributed by atoms with van der Waals surface area (Å²) in [5.74, 6) is 0.893. The summed E-state index contributed by atoms with van der Waals surface area (Å²) in [5.41, 5.74) is -0.182. The summed E-state index contributed by atoms with van der Waals surface area (Å²) in [6.07, 6.45) is 0. The third-order valence-corrected chi connectivity index (χ3v) is 2.41. The standard InChI is InChI=1S/C15H24N2O2/c1-15(2,3)16-14(18)12-17(4)10-11-19-13-8-6-5-7-9-13/h5-9H,10-12H2,1-4H3,(H,16,18). The lowest BCUT2D eigenvalue weighted by Crippen LogP contribution is -2.45. The molecule has 0 radical (unpaired) electrons. The van der Waals surface area contributed by atoms with Crippen molar-refractivity contribution in [3.63, 3.8) is 0 Å². The molecule has 0 saturated carbocycles. The molecule has 0 spiro atoms. The summed E-state index contributed by atoms with van der Waals surface area (Å²) >= 11 is 0. The molecule has 1 rings (SSSR count). The van der Waals surface area contributed by atoms with Gasteiger partial charge < -0.3 is 10.1 Å². The molecule has 1 aromatic rings. The van der Waals surface area contributed by atoms with E-state index in [1.165, 1.54) is 0 Å². The first-order chi connectivity index (χ1) is 8.87. The predicted octanol–water partition coefficient (Wildman–Crippen LogP) is 1.91. The zero-order valence-corrected chi connectivity index (χ0v) is 12.3. The maximum absolute atomic E-state index is 11.7. The van der Waals surface area contributed by atoms with E-state index in [0.717, 1.165) is 5.75 Å². The Kier molecular flexibility index (Phi) is 5.83. The van der Waals surface area contributed by atoms with Crippen LogP contribution in [0.15, 0.2) is 30.3 Å². The highest BCUT2D eigenvalue weighted by Crippen LogP contribution is 2.07. The molecule has 106 valence electrons. The van der Waals surface area contributed by atoms with Crippen LogP contribution >= 0.6 is 0 Å². The van der Waals surface area contributed by atoms with E-state index in [1.54, 1.807) is 0 Å². The van der Waals surface area contributed by atoms with Crippen LogP contribution in [0.4, 0.5) is 0 Å². The average Bonchev–Trinajstić information content (AvgIpc) is 2.27. The summed E-state index contributed by atoms with van der Waals surface area (Å²) in [5, 5.41) is 2.94. The van der Waals surface area contributed by atoms with Crippen LogP contribution in [0, 0.1) is 0 Å². The number of amides is 1. The molecule has 0 aliphatic rings. The molecule has 4 nitrogen and oxygen atoms in total. The second-order valence-corrected chi connectivity index (χ2v) is 5.70. The monoisotopic (exact) mass is 264 g/mol. The Labute approximate surface area is 115 Å². The van der Waals surface area contributed by atoms with E-state index in [1.807, 2.05) is 63.1 Å². The number of ether oxygens (including phenoxy) is 1. The van der Waals surface area contributed by atoms with Crippen LogP contribution in [0.1, 0.15) is 20.8 Å². The first-order valence-corrected chi connectivity index (χ1v) is 6.54. The van der Waals surface area contributed by atoms with E-state index in [4.69, 9.17) is 4.74 Å². The maximum Gasteiger partial charge on any atom is 0.234 e. The average molecular weight is 264 g/mol. The molecule has 0 unspecified atom stereocenters. The van der Waals surface area contributed by atoms with Gasteiger partial charge in [-0.1, -0.05) is 18.2 Å². The van der Waals surface area contributed by atoms with Gasteiger partial charge in [0.2, 0.25) is 5.91 Å². The third-order valence-electron chi connectivity index (χ3n) is 2.41. The lowest BCUT2D eigenvalue weighted by molar-refractivity contribution is -0.123. The molecular weight excluding hydrogens is 240 g/mol. The lowest BCUT2D eigenvalue weighted by Gasteiger charge is -2.23. The summed E-state index contributed by atoms with van der Waals surface area (Å²) in [7, 11) is 1.91. The summed E-state index contributed by atoms with van der Waals surface area (Å²) in [4.78, 5) is 13.7. The Balaban J connectivity index is 2.21. The third kappa shape index (κ3) is 7.47. The molecule has 0 aliphatic heterocycles. The molecule has 0 aliphatic carbocycles. The number of para-hydroxylation sites is 1. The number of nitrogens with one attached hydrogen (secondary N) is 1. The van der Waals surface area contributed by atoms with Gasteiger partial charge in [0, 0.05) is 12.1 Å². The molecule has 1 aromatic carbocycles. The van der Waals surface area contributed by atoms with Crippen molar-refractivity contribution in [2.45, 2.75) is 26.3 Å². The van der Waals surface area contributed by atoms with Crippen molar-refractivity contribution < 1.29 is 9.53 Å². The zero-order chi connectivity index (χ0) is 14.3. The fourth-order valence-corrected chi connectivity index (χ4v) is 1.62. The Morgan fingerprint density at radius 2 is 1.89 bits per heavy atom. The van der Waals surface area contributed by atoms with Gasteiger partial charge in [0.05, 0.1) is 6.54 Å². The van der Waals surface area contributed by atoms with Gasteiger partial charge in [0.15, 0.2) is 0 Å². The van der Waals surface area contributed by atoms with Crippen LogP contribution in [0.25, 0.3) is 0 Å². The van der Waals surface area contributed by atoms with Crippen molar-refractivity contribution in [2.24, 2.45) is 0 Å². The zero-order valence-electron chi connectivity index (χ0n) is 12.3. The van der Waals surface area contributed by atoms with Crippen molar-refractivity contribution in [1.82, 2.24) is 10.2 Å². The molecule has 0 heterocycles. The number of likely N-dealkylation sites (N-methyl/N-ethyl adjacent to an activating group) is 1. The van der Waals surface area contributed by atoms with E-state index in [-0.39, 0.29) is 11.4 Å². The molecule has 1 amide bonds. The fourth-order valence-electron chi connectivity index (χ4n) is 1.62. The van der Waals surface area contributed by atoms with Gasteiger partial charge in [-0.3, -0.25) is 9.69 Å². The predicted molar refractivity (Wildman–Crippen MR) is 77.3 cm³/mol. The van der Waals surface area contributed by atoms with E-state index < -0.39 is 0 Å². The normalized spacial score (nSPS) is 11.4. The van der Waals surface area contributed by atoms with Crippen molar-refractivity contribution in [2.75, 3.05) is 26.7 Å². The van der Waals surface area contributed by atoms with Crippen molar-refractivity contribution in [3.05, 3.63) is 30.3 Å². The molecule has 0 saturated heterocycles. The number of carbonyl (C=O) groups is 1. The van der Waals surface area contributed by atoms with Crippen LogP contribution in [0.2, 0.25) is 0 Å². The van der Waals surface area contributed by atoms with E-state index in [9.17, 15) is 4.79 Å². The van der Waals surface area contributed by atoms with Gasteiger partial charge in [-0.15, -0.1) is 0 Å². The minimum absolute atomic E-state index is 0.0368. The van der Waals surface area contributed by atoms with Gasteiger partial charge in [-0.05, 0) is 40.0 Å². The van der Waals surface area contributed by atoms with Crippen LogP contribution in [-0.4, -0.2) is 43.1 Å². The van der Waals surface area contributed by atoms with E-state index in [2.05, 4.69) is 5.32 Å². The molecule has 0 aromatic heterocycles. The second-order valence-electron chi connectivity index (χ2n) is 5.70. The molecule has 1 N–H and O–H groups in total. The highest BCUT2D eigenvalue weighted by Gasteiger charge is 2.14. The SMILES string of the molecule is CN(CCOc1ccccc1)CC(=O)NC(C)(C)C. The van der Waals surface area contributed by atoms with E-state index in [0.29, 0.717) is 19.7 Å². The number of nitrogens with zero attached hydrogens (tertiary/aromatic N) is 1. The number of hydrogen-bond acceptors (Lipinski definition) is 3. The highest BCUT2D eigenvalue weighted by atomic mass is 16.5. The highest BCUT2D eigenvalue weighted by molar-refractivity contribution is 5.78. The van der Waals surface area contributed by atoms with Crippen LogP contribution in [0.5, 0.6) is 5.75 Å². The number of benzene rings is 1. The summed E-state index contributed by atoms with van der Waals surface area (Å²) in [6, 6.07) is 9.68. The first kappa shape index (κ1) is 15.5. The summed E-state index contributed by atoms with van der Waals surface area (Å²) < 4.78 is 5.59. The van der Waals surface area contributed by atoms with Gasteiger partial charge in [0.25, 0.3) is 0 Å². The van der Waals surface area contributed by atoms with Crippen molar-refractivity contribution >= 4 is 5.91 Å². The first-order valence-electron chi connectivity index (χ1n) is 6.54. The Morgan fingerprint density at radius 1 is 1.26 bits per heavy atom. The van der Waals surface area contributed by atoms with E-state index >= 15 is 0 Å². The van der Waals surface area contributed by atoms with Gasteiger partial charge in [-0.2, -0.15) is 0 Å². The minimum Gasteiger partial charge on any atom is -0.492 e. The van der Waals surface area contributed by atoms with Crippen LogP contribution < -0.4 is 10.1 Å². The molecule has 0 fully saturated rings. The minimum atomic E-state index is -0.182. The molecule has 4 heteroatoms. The largest absolute Gasteiger partial charge is 0.492 e. The quantitative estimate of drug-likeness (QED) is 0.853. The second kappa shape index (κ2) is 7.14. The van der Waals surface area contributed by atoms with Crippen molar-refractivity contribution in [3.8, 4) is 5.75 Å². The number of carbonyl (C=O) groups excluding carboxylic acids is 1. The fraction of sp³-hybridized carbons (Fsp3) is 0.533. The topological polar surface area (TPSA) is 41.6 Å². The van der Waals surface area contributed by atoms with Crippen LogP contribution in [-0.2, 0) is 4.79 Å². The number of rotatable bonds is 6. The van der Waals surface area contributed by atoms with Crippen molar-refractivity contribution in [1.29, 1.82) is 0 Å². The Hall–Kier alpha value is -1.55. The lowest BCUT2D eigenvalue weighted by atomic mass is 10.1. The van der Waals surface area contributed by atoms with Gasteiger partial charge >= 0.3 is 0 Å². The summed E-state index contributed by atoms with van der Waals surface area (Å²) in [6.45, 7) is 7.60.